The molecule has 0 unspecified atom stereocenters. The van der Waals surface area contributed by atoms with Crippen LogP contribution in [0.25, 0.3) is 0 Å². The predicted molar refractivity (Wildman–Crippen MR) is 64.0 cm³/mol. The summed E-state index contributed by atoms with van der Waals surface area (Å²) >= 11 is 0. The van der Waals surface area contributed by atoms with E-state index >= 15 is 0 Å². The third-order valence-electron chi connectivity index (χ3n) is 2.45. The van der Waals surface area contributed by atoms with Crippen LogP contribution in [0.5, 0.6) is 0 Å². The molecule has 1 fully saturated rings. The molecule has 0 bridgehead atoms. The molecule has 0 radical (unpaired) electrons. The summed E-state index contributed by atoms with van der Waals surface area (Å²) in [6.45, 7) is 1.13. The molecule has 1 aliphatic rings. The molecule has 0 spiro atoms. The molecule has 0 saturated carbocycles. The maximum absolute atomic E-state index is 8.65. The first-order valence-electron chi connectivity index (χ1n) is 5.44. The van der Waals surface area contributed by atoms with Gasteiger partial charge in [0.25, 0.3) is 0 Å². The molecule has 0 amide bonds. The van der Waals surface area contributed by atoms with Crippen LogP contribution < -0.4 is 5.32 Å². The van der Waals surface area contributed by atoms with Crippen molar-refractivity contribution in [3.8, 4) is 12.1 Å². The Kier molecular flexibility index (Phi) is 3.93. The second kappa shape index (κ2) is 5.83. The van der Waals surface area contributed by atoms with Crippen molar-refractivity contribution in [3.63, 3.8) is 0 Å². The monoisotopic (exact) mass is 241 g/mol. The summed E-state index contributed by atoms with van der Waals surface area (Å²) in [5.41, 5.74) is 1.62. The van der Waals surface area contributed by atoms with Gasteiger partial charge in [-0.25, -0.2) is 0 Å². The average molecular weight is 241 g/mol. The quantitative estimate of drug-likeness (QED) is 0.819. The number of allylic oxidation sites excluding steroid dienone is 1. The van der Waals surface area contributed by atoms with Crippen LogP contribution >= 0.6 is 0 Å². The summed E-state index contributed by atoms with van der Waals surface area (Å²) in [4.78, 5) is 0. The van der Waals surface area contributed by atoms with E-state index in [9.17, 15) is 0 Å². The minimum absolute atomic E-state index is 0.0121. The van der Waals surface area contributed by atoms with Crippen molar-refractivity contribution in [1.29, 1.82) is 10.5 Å². The summed E-state index contributed by atoms with van der Waals surface area (Å²) < 4.78 is 10.9. The van der Waals surface area contributed by atoms with Crippen LogP contribution in [-0.2, 0) is 9.47 Å². The molecule has 2 rings (SSSR count). The molecule has 1 aromatic carbocycles. The Morgan fingerprint density at radius 1 is 1.22 bits per heavy atom. The average Bonchev–Trinajstić information content (AvgIpc) is 2.94. The van der Waals surface area contributed by atoms with Gasteiger partial charge in [0.15, 0.2) is 6.29 Å². The number of nitriles is 2. The van der Waals surface area contributed by atoms with Crippen molar-refractivity contribution in [2.24, 2.45) is 0 Å². The standard InChI is InChI=1S/C13H11N3O2/c14-7-10(8-15)9-16-12-4-2-1-3-11(12)13-17-5-6-18-13/h1-4,9,13,16H,5-6H2. The highest BCUT2D eigenvalue weighted by Crippen LogP contribution is 2.29. The molecule has 5 heteroatoms. The second-order valence-electron chi connectivity index (χ2n) is 3.59. The highest BCUT2D eigenvalue weighted by Gasteiger charge is 2.20. The third kappa shape index (κ3) is 2.67. The van der Waals surface area contributed by atoms with Crippen molar-refractivity contribution in [1.82, 2.24) is 0 Å². The minimum Gasteiger partial charge on any atom is -0.359 e. The van der Waals surface area contributed by atoms with Gasteiger partial charge in [0.1, 0.15) is 17.7 Å². The van der Waals surface area contributed by atoms with Gasteiger partial charge in [0.2, 0.25) is 0 Å². The van der Waals surface area contributed by atoms with Crippen LogP contribution in [-0.4, -0.2) is 13.2 Å². The fraction of sp³-hybridized carbons (Fsp3) is 0.231. The number of nitrogens with zero attached hydrogens (tertiary/aromatic N) is 2. The maximum atomic E-state index is 8.65. The van der Waals surface area contributed by atoms with E-state index in [-0.39, 0.29) is 5.57 Å². The molecule has 1 aromatic rings. The second-order valence-corrected chi connectivity index (χ2v) is 3.59. The van der Waals surface area contributed by atoms with Crippen molar-refractivity contribution in [3.05, 3.63) is 41.6 Å². The van der Waals surface area contributed by atoms with E-state index in [1.54, 1.807) is 12.1 Å². The first kappa shape index (κ1) is 12.1. The van der Waals surface area contributed by atoms with Crippen molar-refractivity contribution in [2.45, 2.75) is 6.29 Å². The van der Waals surface area contributed by atoms with E-state index in [1.807, 2.05) is 24.3 Å². The van der Waals surface area contributed by atoms with Gasteiger partial charge in [-0.15, -0.1) is 0 Å². The molecular formula is C13H11N3O2. The van der Waals surface area contributed by atoms with Gasteiger partial charge < -0.3 is 14.8 Å². The third-order valence-corrected chi connectivity index (χ3v) is 2.45. The fourth-order valence-electron chi connectivity index (χ4n) is 1.61. The van der Waals surface area contributed by atoms with Gasteiger partial charge in [0, 0.05) is 17.5 Å². The Morgan fingerprint density at radius 3 is 2.56 bits per heavy atom. The number of hydrogen-bond donors (Lipinski definition) is 1. The minimum atomic E-state index is -0.394. The number of para-hydroxylation sites is 1. The number of hydrogen-bond acceptors (Lipinski definition) is 5. The van der Waals surface area contributed by atoms with E-state index in [1.165, 1.54) is 6.20 Å². The normalized spacial score (nSPS) is 14.6. The summed E-state index contributed by atoms with van der Waals surface area (Å²) in [7, 11) is 0. The van der Waals surface area contributed by atoms with Gasteiger partial charge in [0.05, 0.1) is 13.2 Å². The Hall–Kier alpha value is -2.34. The van der Waals surface area contributed by atoms with Gasteiger partial charge in [-0.1, -0.05) is 18.2 Å². The molecule has 18 heavy (non-hydrogen) atoms. The number of benzene rings is 1. The summed E-state index contributed by atoms with van der Waals surface area (Å²) in [5.74, 6) is 0. The van der Waals surface area contributed by atoms with Crippen molar-refractivity contribution < 1.29 is 9.47 Å². The van der Waals surface area contributed by atoms with E-state index in [0.29, 0.717) is 13.2 Å². The van der Waals surface area contributed by atoms with Gasteiger partial charge >= 0.3 is 0 Å². The Morgan fingerprint density at radius 2 is 1.89 bits per heavy atom. The zero-order valence-electron chi connectivity index (χ0n) is 9.59. The SMILES string of the molecule is N#CC(C#N)=CNc1ccccc1C1OCCO1. The van der Waals surface area contributed by atoms with E-state index in [2.05, 4.69) is 5.32 Å². The van der Waals surface area contributed by atoms with E-state index in [0.717, 1.165) is 11.3 Å². The maximum Gasteiger partial charge on any atom is 0.186 e. The molecule has 90 valence electrons. The fourth-order valence-corrected chi connectivity index (χ4v) is 1.61. The zero-order valence-corrected chi connectivity index (χ0v) is 9.59. The predicted octanol–water partition coefficient (Wildman–Crippen LogP) is 2.07. The van der Waals surface area contributed by atoms with Crippen LogP contribution in [0, 0.1) is 22.7 Å². The lowest BCUT2D eigenvalue weighted by Crippen LogP contribution is -2.02. The lowest BCUT2D eigenvalue weighted by Gasteiger charge is -2.14. The lowest BCUT2D eigenvalue weighted by atomic mass is 10.1. The van der Waals surface area contributed by atoms with Crippen LogP contribution in [0.3, 0.4) is 0 Å². The van der Waals surface area contributed by atoms with Crippen LogP contribution in [0.2, 0.25) is 0 Å². The molecular weight excluding hydrogens is 230 g/mol. The molecule has 1 N–H and O–H groups in total. The molecule has 0 aliphatic carbocycles. The molecule has 1 saturated heterocycles. The molecule has 1 heterocycles. The topological polar surface area (TPSA) is 78.1 Å². The Balaban J connectivity index is 2.21. The van der Waals surface area contributed by atoms with Crippen LogP contribution in [0.15, 0.2) is 36.0 Å². The molecule has 0 aromatic heterocycles. The number of anilines is 1. The first-order valence-corrected chi connectivity index (χ1v) is 5.44. The zero-order chi connectivity index (χ0) is 12.8. The van der Waals surface area contributed by atoms with Gasteiger partial charge in [-0.3, -0.25) is 0 Å². The number of nitrogens with one attached hydrogen (secondary N) is 1. The molecule has 5 nitrogen and oxygen atoms in total. The Labute approximate surface area is 105 Å². The van der Waals surface area contributed by atoms with Crippen LogP contribution in [0.4, 0.5) is 5.69 Å². The van der Waals surface area contributed by atoms with Crippen molar-refractivity contribution in [2.75, 3.05) is 18.5 Å². The smallest absolute Gasteiger partial charge is 0.186 e. The Bertz CT molecular complexity index is 518. The number of ether oxygens (including phenoxy) is 2. The summed E-state index contributed by atoms with van der Waals surface area (Å²) in [5, 5.41) is 20.2. The molecule has 1 aliphatic heterocycles. The van der Waals surface area contributed by atoms with Gasteiger partial charge in [-0.05, 0) is 6.07 Å². The molecule has 0 atom stereocenters. The highest BCUT2D eigenvalue weighted by atomic mass is 16.7. The first-order chi connectivity index (χ1) is 8.85. The van der Waals surface area contributed by atoms with Crippen LogP contribution in [0.1, 0.15) is 11.9 Å². The summed E-state index contributed by atoms with van der Waals surface area (Å²) in [6.07, 6.45) is 0.975. The van der Waals surface area contributed by atoms with E-state index in [4.69, 9.17) is 20.0 Å². The summed E-state index contributed by atoms with van der Waals surface area (Å²) in [6, 6.07) is 11.0. The lowest BCUT2D eigenvalue weighted by molar-refractivity contribution is -0.0435. The van der Waals surface area contributed by atoms with E-state index < -0.39 is 6.29 Å². The highest BCUT2D eigenvalue weighted by molar-refractivity contribution is 5.55. The largest absolute Gasteiger partial charge is 0.359 e. The number of rotatable bonds is 3. The van der Waals surface area contributed by atoms with Crippen molar-refractivity contribution >= 4 is 5.69 Å². The van der Waals surface area contributed by atoms with Gasteiger partial charge in [-0.2, -0.15) is 10.5 Å².